The van der Waals surface area contributed by atoms with Gasteiger partial charge in [0.1, 0.15) is 5.75 Å². The molecular weight excluding hydrogens is 340 g/mol. The van der Waals surface area contributed by atoms with E-state index in [1.807, 2.05) is 12.1 Å². The maximum Gasteiger partial charge on any atom is 0.143 e. The van der Waals surface area contributed by atoms with Crippen LogP contribution in [-0.2, 0) is 5.33 Å². The van der Waals surface area contributed by atoms with Crippen molar-refractivity contribution in [1.29, 1.82) is 0 Å². The molecule has 0 radical (unpaired) electrons. The SMILES string of the molecule is Oc1c(Br)cc(CBr)cc1Br. The number of aromatic hydroxyl groups is 1. The van der Waals surface area contributed by atoms with Crippen LogP contribution in [0.3, 0.4) is 0 Å². The van der Waals surface area contributed by atoms with Crippen LogP contribution in [0.5, 0.6) is 5.75 Å². The number of halogens is 3. The van der Waals surface area contributed by atoms with Gasteiger partial charge in [-0.05, 0) is 49.6 Å². The van der Waals surface area contributed by atoms with Crippen LogP contribution in [0, 0.1) is 0 Å². The first-order valence-corrected chi connectivity index (χ1v) is 5.58. The first-order chi connectivity index (χ1) is 5.15. The number of phenolic OH excluding ortho intramolecular Hbond substituents is 1. The Morgan fingerprint density at radius 3 is 2.00 bits per heavy atom. The lowest BCUT2D eigenvalue weighted by Crippen LogP contribution is -1.79. The average Bonchev–Trinajstić information content (AvgIpc) is 1.99. The molecular formula is C7H5Br3O. The van der Waals surface area contributed by atoms with Gasteiger partial charge in [-0.15, -0.1) is 0 Å². The Morgan fingerprint density at radius 1 is 1.18 bits per heavy atom. The summed E-state index contributed by atoms with van der Waals surface area (Å²) in [6, 6.07) is 3.74. The minimum atomic E-state index is 0.245. The molecule has 0 aliphatic heterocycles. The van der Waals surface area contributed by atoms with Crippen molar-refractivity contribution in [3.63, 3.8) is 0 Å². The Kier molecular flexibility index (Phi) is 3.40. The highest BCUT2D eigenvalue weighted by Gasteiger charge is 2.04. The Hall–Kier alpha value is 0.460. The third-order valence-corrected chi connectivity index (χ3v) is 3.09. The van der Waals surface area contributed by atoms with Crippen LogP contribution in [0.15, 0.2) is 21.1 Å². The second-order valence-corrected chi connectivity index (χ2v) is 4.31. The fraction of sp³-hybridized carbons (Fsp3) is 0.143. The average molecular weight is 345 g/mol. The highest BCUT2D eigenvalue weighted by Crippen LogP contribution is 2.33. The van der Waals surface area contributed by atoms with E-state index in [1.54, 1.807) is 0 Å². The number of hydrogen-bond acceptors (Lipinski definition) is 1. The molecule has 0 aromatic heterocycles. The van der Waals surface area contributed by atoms with E-state index in [2.05, 4.69) is 47.8 Å². The first kappa shape index (κ1) is 9.55. The van der Waals surface area contributed by atoms with Crippen LogP contribution in [0.2, 0.25) is 0 Å². The van der Waals surface area contributed by atoms with Gasteiger partial charge in [-0.1, -0.05) is 15.9 Å². The largest absolute Gasteiger partial charge is 0.506 e. The van der Waals surface area contributed by atoms with Crippen molar-refractivity contribution in [3.8, 4) is 5.75 Å². The summed E-state index contributed by atoms with van der Waals surface area (Å²) in [5.41, 5.74) is 1.11. The Labute approximate surface area is 90.2 Å². The molecule has 0 aliphatic rings. The molecule has 0 atom stereocenters. The summed E-state index contributed by atoms with van der Waals surface area (Å²) < 4.78 is 1.42. The molecule has 0 aliphatic carbocycles. The predicted molar refractivity (Wildman–Crippen MR) is 56.1 cm³/mol. The van der Waals surface area contributed by atoms with Crippen molar-refractivity contribution in [2.45, 2.75) is 5.33 Å². The lowest BCUT2D eigenvalue weighted by atomic mass is 10.2. The van der Waals surface area contributed by atoms with E-state index in [-0.39, 0.29) is 5.75 Å². The lowest BCUT2D eigenvalue weighted by molar-refractivity contribution is 0.468. The quantitative estimate of drug-likeness (QED) is 0.768. The van der Waals surface area contributed by atoms with Crippen LogP contribution < -0.4 is 0 Å². The van der Waals surface area contributed by atoms with E-state index in [1.165, 1.54) is 0 Å². The van der Waals surface area contributed by atoms with Crippen LogP contribution in [0.4, 0.5) is 0 Å². The van der Waals surface area contributed by atoms with Gasteiger partial charge >= 0.3 is 0 Å². The van der Waals surface area contributed by atoms with E-state index < -0.39 is 0 Å². The molecule has 4 heteroatoms. The number of alkyl halides is 1. The second-order valence-electron chi connectivity index (χ2n) is 2.04. The molecule has 1 rings (SSSR count). The Bertz CT molecular complexity index is 249. The molecule has 0 fully saturated rings. The smallest absolute Gasteiger partial charge is 0.143 e. The number of rotatable bonds is 1. The summed E-state index contributed by atoms with van der Waals surface area (Å²) in [4.78, 5) is 0. The molecule has 1 aromatic rings. The molecule has 0 spiro atoms. The molecule has 0 saturated carbocycles. The second kappa shape index (κ2) is 3.92. The fourth-order valence-corrected chi connectivity index (χ4v) is 2.30. The Balaban J connectivity index is 3.21. The van der Waals surface area contributed by atoms with Gasteiger partial charge in [0, 0.05) is 5.33 Å². The number of hydrogen-bond donors (Lipinski definition) is 1. The van der Waals surface area contributed by atoms with E-state index in [9.17, 15) is 5.11 Å². The minimum Gasteiger partial charge on any atom is -0.506 e. The molecule has 0 bridgehead atoms. The highest BCUT2D eigenvalue weighted by molar-refractivity contribution is 9.11. The zero-order chi connectivity index (χ0) is 8.43. The number of phenols is 1. The van der Waals surface area contributed by atoms with Crippen LogP contribution in [-0.4, -0.2) is 5.11 Å². The van der Waals surface area contributed by atoms with Gasteiger partial charge in [0.2, 0.25) is 0 Å². The van der Waals surface area contributed by atoms with Crippen LogP contribution in [0.1, 0.15) is 5.56 Å². The summed E-state index contributed by atoms with van der Waals surface area (Å²) in [7, 11) is 0. The van der Waals surface area contributed by atoms with Gasteiger partial charge in [0.25, 0.3) is 0 Å². The monoisotopic (exact) mass is 342 g/mol. The summed E-state index contributed by atoms with van der Waals surface area (Å²) in [6.07, 6.45) is 0. The van der Waals surface area contributed by atoms with Crippen molar-refractivity contribution >= 4 is 47.8 Å². The summed E-state index contributed by atoms with van der Waals surface area (Å²) >= 11 is 9.80. The lowest BCUT2D eigenvalue weighted by Gasteiger charge is -2.02. The fourth-order valence-electron chi connectivity index (χ4n) is 0.695. The van der Waals surface area contributed by atoms with Crippen molar-refractivity contribution < 1.29 is 5.11 Å². The molecule has 11 heavy (non-hydrogen) atoms. The normalized spacial score (nSPS) is 10.1. The zero-order valence-electron chi connectivity index (χ0n) is 5.44. The van der Waals surface area contributed by atoms with Gasteiger partial charge < -0.3 is 5.11 Å². The van der Waals surface area contributed by atoms with E-state index in [0.717, 1.165) is 10.9 Å². The highest BCUT2D eigenvalue weighted by atomic mass is 79.9. The molecule has 1 aromatic carbocycles. The summed E-state index contributed by atoms with van der Waals surface area (Å²) in [6.45, 7) is 0. The minimum absolute atomic E-state index is 0.245. The topological polar surface area (TPSA) is 20.2 Å². The van der Waals surface area contributed by atoms with Gasteiger partial charge in [-0.2, -0.15) is 0 Å². The van der Waals surface area contributed by atoms with Gasteiger partial charge in [0.05, 0.1) is 8.95 Å². The standard InChI is InChI=1S/C7H5Br3O/c8-3-4-1-5(9)7(11)6(10)2-4/h1-2,11H,3H2. The molecule has 60 valence electrons. The third kappa shape index (κ3) is 2.20. The van der Waals surface area contributed by atoms with Crippen molar-refractivity contribution in [2.75, 3.05) is 0 Å². The van der Waals surface area contributed by atoms with Crippen LogP contribution >= 0.6 is 47.8 Å². The summed E-state index contributed by atoms with van der Waals surface area (Å²) in [5.74, 6) is 0.245. The maximum atomic E-state index is 9.32. The van der Waals surface area contributed by atoms with E-state index >= 15 is 0 Å². The maximum absolute atomic E-state index is 9.32. The van der Waals surface area contributed by atoms with Crippen molar-refractivity contribution in [1.82, 2.24) is 0 Å². The third-order valence-electron chi connectivity index (χ3n) is 1.23. The molecule has 1 N–H and O–H groups in total. The van der Waals surface area contributed by atoms with Gasteiger partial charge in [0.15, 0.2) is 0 Å². The van der Waals surface area contributed by atoms with Crippen molar-refractivity contribution in [3.05, 3.63) is 26.6 Å². The Morgan fingerprint density at radius 2 is 1.64 bits per heavy atom. The zero-order valence-corrected chi connectivity index (χ0v) is 10.2. The first-order valence-electron chi connectivity index (χ1n) is 2.88. The number of benzene rings is 1. The van der Waals surface area contributed by atoms with Gasteiger partial charge in [-0.25, -0.2) is 0 Å². The van der Waals surface area contributed by atoms with Gasteiger partial charge in [-0.3, -0.25) is 0 Å². The van der Waals surface area contributed by atoms with E-state index in [4.69, 9.17) is 0 Å². The molecule has 0 amide bonds. The molecule has 0 heterocycles. The van der Waals surface area contributed by atoms with Crippen molar-refractivity contribution in [2.24, 2.45) is 0 Å². The molecule has 0 saturated heterocycles. The summed E-state index contributed by atoms with van der Waals surface area (Å²) in [5, 5.41) is 10.1. The van der Waals surface area contributed by atoms with Crippen LogP contribution in [0.25, 0.3) is 0 Å². The molecule has 1 nitrogen and oxygen atoms in total. The predicted octanol–water partition coefficient (Wildman–Crippen LogP) is 3.81. The molecule has 0 unspecified atom stereocenters. The van der Waals surface area contributed by atoms with E-state index in [0.29, 0.717) is 8.95 Å².